The van der Waals surface area contributed by atoms with E-state index in [0.717, 1.165) is 0 Å². The Balaban J connectivity index is 2.24. The molecule has 0 radical (unpaired) electrons. The van der Waals surface area contributed by atoms with E-state index in [0.29, 0.717) is 5.57 Å². The Morgan fingerprint density at radius 3 is 2.54 bits per heavy atom. The van der Waals surface area contributed by atoms with Gasteiger partial charge < -0.3 is 40.1 Å². The van der Waals surface area contributed by atoms with Crippen LogP contribution in [0.1, 0.15) is 27.2 Å². The van der Waals surface area contributed by atoms with Crippen LogP contribution >= 0.6 is 0 Å². The summed E-state index contributed by atoms with van der Waals surface area (Å²) in [4.78, 5) is 12.1. The summed E-state index contributed by atoms with van der Waals surface area (Å²) >= 11 is 0. The number of rotatable bonds is 6. The zero-order valence-electron chi connectivity index (χ0n) is 16.2. The standard InChI is InChI=1S/C19H30O9/c1-10-6-12(22)7-18(3,19(10,26)5-4-11(2)21)9-27-17-16(25)15(24)14(23)13(8-20)28-17/h4-6,11,13-17,20-21,23-26H,7-9H2,1-3H3/b5-4+/t11?,13-,14-,15+,16-,17-,18?,19?/m1/s1. The van der Waals surface area contributed by atoms with Crippen LogP contribution < -0.4 is 0 Å². The molecule has 9 heteroatoms. The number of carbonyl (C=O) groups excluding carboxylic acids is 1. The number of aliphatic hydroxyl groups is 6. The first-order valence-corrected chi connectivity index (χ1v) is 9.18. The highest BCUT2D eigenvalue weighted by atomic mass is 16.7. The average Bonchev–Trinajstić information content (AvgIpc) is 2.62. The van der Waals surface area contributed by atoms with Crippen LogP contribution in [0.3, 0.4) is 0 Å². The highest BCUT2D eigenvalue weighted by Gasteiger charge is 2.52. The normalized spacial score (nSPS) is 43.2. The minimum absolute atomic E-state index is 0.0671. The lowest BCUT2D eigenvalue weighted by Gasteiger charge is -2.47. The number of allylic oxidation sites excluding steroid dienone is 1. The van der Waals surface area contributed by atoms with Crippen molar-refractivity contribution in [2.24, 2.45) is 5.41 Å². The zero-order chi connectivity index (χ0) is 21.3. The summed E-state index contributed by atoms with van der Waals surface area (Å²) in [5, 5.41) is 59.9. The Hall–Kier alpha value is -1.17. The molecule has 0 aromatic carbocycles. The van der Waals surface area contributed by atoms with Gasteiger partial charge in [-0.1, -0.05) is 13.0 Å². The summed E-state index contributed by atoms with van der Waals surface area (Å²) in [6.07, 6.45) is -3.92. The minimum Gasteiger partial charge on any atom is -0.394 e. The first kappa shape index (κ1) is 23.1. The van der Waals surface area contributed by atoms with Crippen LogP contribution in [0.2, 0.25) is 0 Å². The van der Waals surface area contributed by atoms with E-state index in [-0.39, 0.29) is 18.8 Å². The molecule has 0 aromatic rings. The molecule has 8 atom stereocenters. The van der Waals surface area contributed by atoms with Crippen molar-refractivity contribution in [3.63, 3.8) is 0 Å². The third-order valence-electron chi connectivity index (χ3n) is 5.49. The smallest absolute Gasteiger partial charge is 0.186 e. The maximum absolute atomic E-state index is 12.1. The predicted octanol–water partition coefficient (Wildman–Crippen LogP) is -1.60. The SMILES string of the molecule is CC1=CC(=O)CC(C)(CO[C@@H]2O[C@H](CO)[C@@H](O)[C@H](O)[C@H]2O)C1(O)/C=C/C(C)O. The third-order valence-corrected chi connectivity index (χ3v) is 5.49. The van der Waals surface area contributed by atoms with Crippen molar-refractivity contribution < 1.29 is 44.9 Å². The van der Waals surface area contributed by atoms with Crippen molar-refractivity contribution in [1.29, 1.82) is 0 Å². The van der Waals surface area contributed by atoms with Gasteiger partial charge in [0.25, 0.3) is 0 Å². The fraction of sp³-hybridized carbons (Fsp3) is 0.737. The van der Waals surface area contributed by atoms with Gasteiger partial charge in [-0.25, -0.2) is 0 Å². The summed E-state index contributed by atoms with van der Waals surface area (Å²) in [7, 11) is 0. The number of ketones is 1. The highest BCUT2D eigenvalue weighted by molar-refractivity contribution is 5.92. The second-order valence-corrected chi connectivity index (χ2v) is 7.91. The average molecular weight is 402 g/mol. The van der Waals surface area contributed by atoms with Gasteiger partial charge in [0.05, 0.1) is 19.3 Å². The Kier molecular flexibility index (Phi) is 7.17. The molecule has 1 heterocycles. The van der Waals surface area contributed by atoms with Gasteiger partial charge in [0.15, 0.2) is 12.1 Å². The van der Waals surface area contributed by atoms with Crippen molar-refractivity contribution >= 4 is 5.78 Å². The molecule has 1 fully saturated rings. The molecule has 1 saturated heterocycles. The fourth-order valence-electron chi connectivity index (χ4n) is 3.64. The van der Waals surface area contributed by atoms with Gasteiger partial charge in [0.1, 0.15) is 30.0 Å². The van der Waals surface area contributed by atoms with Crippen LogP contribution in [0.25, 0.3) is 0 Å². The molecular formula is C19H30O9. The van der Waals surface area contributed by atoms with Gasteiger partial charge in [-0.05, 0) is 31.6 Å². The number of carbonyl (C=O) groups is 1. The Morgan fingerprint density at radius 1 is 1.32 bits per heavy atom. The first-order chi connectivity index (χ1) is 12.9. The largest absolute Gasteiger partial charge is 0.394 e. The van der Waals surface area contributed by atoms with E-state index >= 15 is 0 Å². The van der Waals surface area contributed by atoms with Crippen LogP contribution in [0.5, 0.6) is 0 Å². The van der Waals surface area contributed by atoms with Crippen molar-refractivity contribution in [1.82, 2.24) is 0 Å². The number of ether oxygens (including phenoxy) is 2. The second kappa shape index (κ2) is 8.68. The molecule has 2 rings (SSSR count). The molecule has 6 N–H and O–H groups in total. The third kappa shape index (κ3) is 4.37. The van der Waals surface area contributed by atoms with E-state index in [2.05, 4.69) is 0 Å². The van der Waals surface area contributed by atoms with E-state index in [1.54, 1.807) is 13.8 Å². The molecule has 0 bridgehead atoms. The van der Waals surface area contributed by atoms with Crippen molar-refractivity contribution in [3.05, 3.63) is 23.8 Å². The summed E-state index contributed by atoms with van der Waals surface area (Å²) in [6.45, 7) is 3.90. The zero-order valence-corrected chi connectivity index (χ0v) is 16.2. The second-order valence-electron chi connectivity index (χ2n) is 7.91. The van der Waals surface area contributed by atoms with Crippen molar-refractivity contribution in [2.75, 3.05) is 13.2 Å². The van der Waals surface area contributed by atoms with Gasteiger partial charge in [-0.2, -0.15) is 0 Å². The molecule has 1 aliphatic heterocycles. The molecular weight excluding hydrogens is 372 g/mol. The van der Waals surface area contributed by atoms with E-state index in [1.807, 2.05) is 0 Å². The molecule has 3 unspecified atom stereocenters. The van der Waals surface area contributed by atoms with Crippen molar-refractivity contribution in [3.8, 4) is 0 Å². The maximum Gasteiger partial charge on any atom is 0.186 e. The summed E-state index contributed by atoms with van der Waals surface area (Å²) in [6, 6.07) is 0. The molecule has 1 aliphatic carbocycles. The summed E-state index contributed by atoms with van der Waals surface area (Å²) < 4.78 is 10.9. The summed E-state index contributed by atoms with van der Waals surface area (Å²) in [5.41, 5.74) is -2.39. The van der Waals surface area contributed by atoms with E-state index in [1.165, 1.54) is 25.2 Å². The van der Waals surface area contributed by atoms with E-state index in [9.17, 15) is 35.4 Å². The molecule has 2 aliphatic rings. The lowest BCUT2D eigenvalue weighted by Crippen LogP contribution is -2.60. The first-order valence-electron chi connectivity index (χ1n) is 9.18. The van der Waals surface area contributed by atoms with Crippen LogP contribution in [0.15, 0.2) is 23.8 Å². The van der Waals surface area contributed by atoms with E-state index < -0.39 is 54.4 Å². The van der Waals surface area contributed by atoms with Gasteiger partial charge in [0.2, 0.25) is 0 Å². The Bertz CT molecular complexity index is 629. The topological polar surface area (TPSA) is 157 Å². The molecule has 160 valence electrons. The monoisotopic (exact) mass is 402 g/mol. The van der Waals surface area contributed by atoms with Gasteiger partial charge in [-0.3, -0.25) is 4.79 Å². The van der Waals surface area contributed by atoms with Gasteiger partial charge in [0, 0.05) is 11.8 Å². The molecule has 0 amide bonds. The van der Waals surface area contributed by atoms with Crippen LogP contribution in [-0.2, 0) is 14.3 Å². The predicted molar refractivity (Wildman–Crippen MR) is 97.0 cm³/mol. The fourth-order valence-corrected chi connectivity index (χ4v) is 3.64. The molecule has 0 spiro atoms. The molecule has 0 aromatic heterocycles. The van der Waals surface area contributed by atoms with Crippen molar-refractivity contribution in [2.45, 2.75) is 69.6 Å². The summed E-state index contributed by atoms with van der Waals surface area (Å²) in [5.74, 6) is -0.215. The number of hydrogen-bond donors (Lipinski definition) is 6. The molecule has 0 saturated carbocycles. The Morgan fingerprint density at radius 2 is 1.96 bits per heavy atom. The lowest BCUT2D eigenvalue weighted by molar-refractivity contribution is -0.308. The lowest BCUT2D eigenvalue weighted by atomic mass is 9.63. The number of aliphatic hydroxyl groups excluding tert-OH is 5. The van der Waals surface area contributed by atoms with Crippen LogP contribution in [0, 0.1) is 5.41 Å². The van der Waals surface area contributed by atoms with Gasteiger partial charge >= 0.3 is 0 Å². The number of hydrogen-bond acceptors (Lipinski definition) is 9. The minimum atomic E-state index is -1.61. The molecule has 28 heavy (non-hydrogen) atoms. The molecule has 9 nitrogen and oxygen atoms in total. The maximum atomic E-state index is 12.1. The van der Waals surface area contributed by atoms with E-state index in [4.69, 9.17) is 9.47 Å². The van der Waals surface area contributed by atoms with Crippen LogP contribution in [0.4, 0.5) is 0 Å². The quantitative estimate of drug-likeness (QED) is 0.288. The Labute approximate surface area is 163 Å². The van der Waals surface area contributed by atoms with Crippen LogP contribution in [-0.4, -0.2) is 92.0 Å². The van der Waals surface area contributed by atoms with Gasteiger partial charge in [-0.15, -0.1) is 0 Å². The highest BCUT2D eigenvalue weighted by Crippen LogP contribution is 2.45.